The molecule has 0 fully saturated rings. The van der Waals surface area contributed by atoms with Gasteiger partial charge in [-0.2, -0.15) is 13.2 Å². The summed E-state index contributed by atoms with van der Waals surface area (Å²) in [5.41, 5.74) is 4.01. The monoisotopic (exact) mass is 444 g/mol. The fourth-order valence-electron chi connectivity index (χ4n) is 2.07. The molecule has 0 radical (unpaired) electrons. The van der Waals surface area contributed by atoms with E-state index in [-0.39, 0.29) is 6.42 Å². The third-order valence-electron chi connectivity index (χ3n) is 3.45. The number of hydrogen-bond acceptors (Lipinski definition) is 3. The van der Waals surface area contributed by atoms with Gasteiger partial charge in [-0.25, -0.2) is 0 Å². The van der Waals surface area contributed by atoms with E-state index in [1.807, 2.05) is 0 Å². The smallest absolute Gasteiger partial charge is 0.416 e. The Labute approximate surface area is 162 Å². The molecule has 2 aromatic rings. The molecule has 0 aromatic heterocycles. The number of carbonyl (C=O) groups is 2. The Kier molecular flexibility index (Phi) is 6.84. The molecule has 1 unspecified atom stereocenters. The van der Waals surface area contributed by atoms with Crippen molar-refractivity contribution in [3.8, 4) is 5.75 Å². The number of nitrogens with one attached hydrogen (secondary N) is 2. The lowest BCUT2D eigenvalue weighted by Gasteiger charge is -2.15. The van der Waals surface area contributed by atoms with Crippen LogP contribution in [0.4, 0.5) is 13.2 Å². The second kappa shape index (κ2) is 8.90. The lowest BCUT2D eigenvalue weighted by atomic mass is 10.1. The third kappa shape index (κ3) is 6.59. The zero-order valence-electron chi connectivity index (χ0n) is 14.1. The summed E-state index contributed by atoms with van der Waals surface area (Å²) in [6, 6.07) is 11.1. The molecule has 0 spiro atoms. The summed E-state index contributed by atoms with van der Waals surface area (Å²) in [5, 5.41) is 0. The van der Waals surface area contributed by atoms with Gasteiger partial charge in [0.05, 0.1) is 12.0 Å². The van der Waals surface area contributed by atoms with E-state index in [4.69, 9.17) is 4.74 Å². The molecule has 0 aliphatic heterocycles. The highest BCUT2D eigenvalue weighted by molar-refractivity contribution is 9.10. The predicted octanol–water partition coefficient (Wildman–Crippen LogP) is 3.63. The maximum absolute atomic E-state index is 12.5. The van der Waals surface area contributed by atoms with Crippen LogP contribution in [-0.2, 0) is 22.2 Å². The van der Waals surface area contributed by atoms with Gasteiger partial charge in [-0.3, -0.25) is 20.4 Å². The number of alkyl halides is 3. The van der Waals surface area contributed by atoms with Gasteiger partial charge in [-0.15, -0.1) is 0 Å². The Morgan fingerprint density at radius 1 is 1.11 bits per heavy atom. The molecule has 2 amide bonds. The van der Waals surface area contributed by atoms with Gasteiger partial charge < -0.3 is 4.74 Å². The average Bonchev–Trinajstić information content (AvgIpc) is 2.59. The van der Waals surface area contributed by atoms with Gasteiger partial charge in [-0.1, -0.05) is 34.1 Å². The number of hydrazine groups is 1. The van der Waals surface area contributed by atoms with Gasteiger partial charge in [0.15, 0.2) is 6.10 Å². The van der Waals surface area contributed by atoms with Gasteiger partial charge >= 0.3 is 6.18 Å². The zero-order valence-corrected chi connectivity index (χ0v) is 15.7. The van der Waals surface area contributed by atoms with Crippen molar-refractivity contribution >= 4 is 27.7 Å². The molecule has 1 atom stereocenters. The molecule has 144 valence electrons. The molecule has 27 heavy (non-hydrogen) atoms. The lowest BCUT2D eigenvalue weighted by molar-refractivity contribution is -0.137. The summed E-state index contributed by atoms with van der Waals surface area (Å²) in [7, 11) is 0. The summed E-state index contributed by atoms with van der Waals surface area (Å²) in [6.07, 6.45) is -5.48. The van der Waals surface area contributed by atoms with Crippen LogP contribution in [0.5, 0.6) is 5.75 Å². The average molecular weight is 445 g/mol. The van der Waals surface area contributed by atoms with Crippen LogP contribution >= 0.6 is 15.9 Å². The summed E-state index contributed by atoms with van der Waals surface area (Å²) in [4.78, 5) is 23.8. The van der Waals surface area contributed by atoms with E-state index in [1.165, 1.54) is 19.1 Å². The zero-order chi connectivity index (χ0) is 20.0. The Morgan fingerprint density at radius 3 is 2.37 bits per heavy atom. The summed E-state index contributed by atoms with van der Waals surface area (Å²) in [5.74, 6) is -0.670. The van der Waals surface area contributed by atoms with E-state index in [2.05, 4.69) is 26.8 Å². The van der Waals surface area contributed by atoms with Crippen molar-refractivity contribution in [2.45, 2.75) is 25.6 Å². The molecule has 2 N–H and O–H groups in total. The molecule has 2 rings (SSSR count). The first-order valence-electron chi connectivity index (χ1n) is 7.82. The van der Waals surface area contributed by atoms with Crippen LogP contribution in [0.25, 0.3) is 0 Å². The lowest BCUT2D eigenvalue weighted by Crippen LogP contribution is -2.47. The Morgan fingerprint density at radius 2 is 1.78 bits per heavy atom. The van der Waals surface area contributed by atoms with Gasteiger partial charge in [0, 0.05) is 4.47 Å². The van der Waals surface area contributed by atoms with E-state index in [1.54, 1.807) is 24.3 Å². The quantitative estimate of drug-likeness (QED) is 0.692. The second-order valence-corrected chi connectivity index (χ2v) is 6.54. The molecular formula is C18H16BrF3N2O3. The largest absolute Gasteiger partial charge is 0.481 e. The standard InChI is InChI=1S/C18H16BrF3N2O3/c1-11(27-15-4-2-3-14(19)10-15)17(26)24-23-16(25)9-12-5-7-13(8-6-12)18(20,21)22/h2-8,10-11H,9H2,1H3,(H,23,25)(H,24,26). The Bertz CT molecular complexity index is 810. The molecule has 0 saturated carbocycles. The fourth-order valence-corrected chi connectivity index (χ4v) is 2.45. The first-order chi connectivity index (χ1) is 12.6. The third-order valence-corrected chi connectivity index (χ3v) is 3.94. The Hall–Kier alpha value is -2.55. The minimum absolute atomic E-state index is 0.181. The highest BCUT2D eigenvalue weighted by Gasteiger charge is 2.30. The van der Waals surface area contributed by atoms with Crippen molar-refractivity contribution in [1.82, 2.24) is 10.9 Å². The minimum atomic E-state index is -4.43. The number of halogens is 4. The summed E-state index contributed by atoms with van der Waals surface area (Å²) in [6.45, 7) is 1.51. The van der Waals surface area contributed by atoms with Crippen LogP contribution in [0.2, 0.25) is 0 Å². The topological polar surface area (TPSA) is 67.4 Å². The molecule has 9 heteroatoms. The van der Waals surface area contributed by atoms with Crippen molar-refractivity contribution in [3.05, 3.63) is 64.1 Å². The highest BCUT2D eigenvalue weighted by atomic mass is 79.9. The number of benzene rings is 2. The van der Waals surface area contributed by atoms with Crippen LogP contribution in [0.1, 0.15) is 18.1 Å². The van der Waals surface area contributed by atoms with Gasteiger partial charge in [0.25, 0.3) is 5.91 Å². The number of amides is 2. The molecule has 0 heterocycles. The van der Waals surface area contributed by atoms with Crippen molar-refractivity contribution in [3.63, 3.8) is 0 Å². The summed E-state index contributed by atoms with van der Waals surface area (Å²) < 4.78 is 43.8. The predicted molar refractivity (Wildman–Crippen MR) is 95.7 cm³/mol. The van der Waals surface area contributed by atoms with E-state index in [0.717, 1.165) is 16.6 Å². The van der Waals surface area contributed by atoms with Crippen molar-refractivity contribution < 1.29 is 27.5 Å². The molecule has 2 aromatic carbocycles. The SMILES string of the molecule is CC(Oc1cccc(Br)c1)C(=O)NNC(=O)Cc1ccc(C(F)(F)F)cc1. The van der Waals surface area contributed by atoms with E-state index < -0.39 is 29.7 Å². The van der Waals surface area contributed by atoms with Crippen LogP contribution in [0.15, 0.2) is 53.0 Å². The molecule has 0 aliphatic carbocycles. The molecule has 0 aliphatic rings. The maximum Gasteiger partial charge on any atom is 0.416 e. The van der Waals surface area contributed by atoms with Gasteiger partial charge in [0.2, 0.25) is 5.91 Å². The van der Waals surface area contributed by atoms with E-state index in [9.17, 15) is 22.8 Å². The van der Waals surface area contributed by atoms with Gasteiger partial charge in [-0.05, 0) is 42.8 Å². The number of rotatable bonds is 5. The summed E-state index contributed by atoms with van der Waals surface area (Å²) >= 11 is 3.29. The highest BCUT2D eigenvalue weighted by Crippen LogP contribution is 2.29. The van der Waals surface area contributed by atoms with E-state index in [0.29, 0.717) is 11.3 Å². The Balaban J connectivity index is 1.81. The van der Waals surface area contributed by atoms with Crippen LogP contribution in [0, 0.1) is 0 Å². The normalized spacial score (nSPS) is 12.2. The van der Waals surface area contributed by atoms with Gasteiger partial charge in [0.1, 0.15) is 5.75 Å². The molecular weight excluding hydrogens is 429 g/mol. The minimum Gasteiger partial charge on any atom is -0.481 e. The van der Waals surface area contributed by atoms with Crippen molar-refractivity contribution in [1.29, 1.82) is 0 Å². The molecule has 0 bridgehead atoms. The van der Waals surface area contributed by atoms with Crippen LogP contribution in [-0.4, -0.2) is 17.9 Å². The number of hydrogen-bond donors (Lipinski definition) is 2. The maximum atomic E-state index is 12.5. The van der Waals surface area contributed by atoms with Crippen molar-refractivity contribution in [2.75, 3.05) is 0 Å². The first kappa shape index (κ1) is 20.8. The molecule has 5 nitrogen and oxygen atoms in total. The number of carbonyl (C=O) groups excluding carboxylic acids is 2. The first-order valence-corrected chi connectivity index (χ1v) is 8.61. The van der Waals surface area contributed by atoms with Crippen LogP contribution < -0.4 is 15.6 Å². The second-order valence-electron chi connectivity index (χ2n) is 5.63. The van der Waals surface area contributed by atoms with E-state index >= 15 is 0 Å². The fraction of sp³-hybridized carbons (Fsp3) is 0.222. The number of ether oxygens (including phenoxy) is 1. The van der Waals surface area contributed by atoms with Crippen molar-refractivity contribution in [2.24, 2.45) is 0 Å². The van der Waals surface area contributed by atoms with Crippen LogP contribution in [0.3, 0.4) is 0 Å². The molecule has 0 saturated heterocycles.